The number of carbonyl (C=O) groups is 3. The largest absolute Gasteiger partial charge is 0.507 e. The molecule has 0 bridgehead atoms. The van der Waals surface area contributed by atoms with Gasteiger partial charge in [0.2, 0.25) is 0 Å². The van der Waals surface area contributed by atoms with E-state index in [9.17, 15) is 19.5 Å². The van der Waals surface area contributed by atoms with Crippen molar-refractivity contribution >= 4 is 23.4 Å². The van der Waals surface area contributed by atoms with E-state index in [-0.39, 0.29) is 24.5 Å². The number of benzene rings is 2. The normalized spacial score (nSPS) is 16.9. The van der Waals surface area contributed by atoms with Crippen molar-refractivity contribution in [1.82, 2.24) is 9.88 Å². The molecular formula is C27H24N2O6. The minimum absolute atomic E-state index is 0.0173. The number of aromatic nitrogens is 1. The number of ketones is 1. The molecule has 1 amide bonds. The Morgan fingerprint density at radius 2 is 1.71 bits per heavy atom. The first kappa shape index (κ1) is 23.7. The van der Waals surface area contributed by atoms with Gasteiger partial charge in [-0.05, 0) is 60.5 Å². The van der Waals surface area contributed by atoms with Crippen molar-refractivity contribution in [2.75, 3.05) is 13.7 Å². The van der Waals surface area contributed by atoms with Crippen LogP contribution in [0.3, 0.4) is 0 Å². The number of likely N-dealkylation sites (tertiary alicyclic amines) is 1. The lowest BCUT2D eigenvalue weighted by atomic mass is 9.96. The van der Waals surface area contributed by atoms with E-state index in [1.807, 2.05) is 0 Å². The molecule has 4 rings (SSSR count). The zero-order valence-corrected chi connectivity index (χ0v) is 19.3. The molecular weight excluding hydrogens is 448 g/mol. The minimum atomic E-state index is -0.837. The van der Waals surface area contributed by atoms with Gasteiger partial charge in [0.1, 0.15) is 11.5 Å². The molecule has 1 N–H and O–H groups in total. The third-order valence-corrected chi connectivity index (χ3v) is 5.72. The summed E-state index contributed by atoms with van der Waals surface area (Å²) in [5, 5.41) is 11.1. The summed E-state index contributed by atoms with van der Waals surface area (Å²) < 4.78 is 10.2. The maximum Gasteiger partial charge on any atom is 0.338 e. The Kier molecular flexibility index (Phi) is 6.91. The van der Waals surface area contributed by atoms with E-state index >= 15 is 0 Å². The summed E-state index contributed by atoms with van der Waals surface area (Å²) in [6.45, 7) is 2.09. The van der Waals surface area contributed by atoms with Gasteiger partial charge in [0.05, 0.1) is 30.9 Å². The van der Waals surface area contributed by atoms with E-state index in [1.165, 1.54) is 12.0 Å². The average molecular weight is 472 g/mol. The number of Topliss-reactive ketones (excluding diaryl/α,β-unsaturated/α-hetero) is 1. The average Bonchev–Trinajstić information content (AvgIpc) is 3.14. The summed E-state index contributed by atoms with van der Waals surface area (Å²) in [6, 6.07) is 15.8. The molecule has 1 aliphatic heterocycles. The maximum atomic E-state index is 13.1. The van der Waals surface area contributed by atoms with Gasteiger partial charge in [0.15, 0.2) is 0 Å². The Labute approximate surface area is 202 Å². The molecule has 1 atom stereocenters. The Morgan fingerprint density at radius 3 is 2.31 bits per heavy atom. The van der Waals surface area contributed by atoms with E-state index in [0.717, 1.165) is 0 Å². The minimum Gasteiger partial charge on any atom is -0.507 e. The molecule has 0 spiro atoms. The van der Waals surface area contributed by atoms with E-state index < -0.39 is 23.7 Å². The van der Waals surface area contributed by atoms with Crippen LogP contribution >= 0.6 is 0 Å². The zero-order chi connectivity index (χ0) is 24.9. The maximum absolute atomic E-state index is 13.1. The number of nitrogens with zero attached hydrogens (tertiary/aromatic N) is 2. The van der Waals surface area contributed by atoms with Gasteiger partial charge < -0.3 is 19.5 Å². The van der Waals surface area contributed by atoms with E-state index in [0.29, 0.717) is 28.0 Å². The van der Waals surface area contributed by atoms with Gasteiger partial charge in [-0.25, -0.2) is 4.79 Å². The lowest BCUT2D eigenvalue weighted by Crippen LogP contribution is -2.29. The van der Waals surface area contributed by atoms with Crippen LogP contribution in [0.4, 0.5) is 0 Å². The van der Waals surface area contributed by atoms with Crippen LogP contribution in [0, 0.1) is 0 Å². The molecule has 0 radical (unpaired) electrons. The second kappa shape index (κ2) is 10.2. The molecule has 2 aromatic carbocycles. The summed E-state index contributed by atoms with van der Waals surface area (Å²) >= 11 is 0. The lowest BCUT2D eigenvalue weighted by Gasteiger charge is -2.25. The van der Waals surface area contributed by atoms with Crippen LogP contribution in [0.15, 0.2) is 78.6 Å². The number of aliphatic hydroxyl groups is 1. The van der Waals surface area contributed by atoms with Crippen molar-refractivity contribution in [1.29, 1.82) is 0 Å². The third-order valence-electron chi connectivity index (χ3n) is 5.72. The van der Waals surface area contributed by atoms with Crippen LogP contribution in [0.2, 0.25) is 0 Å². The van der Waals surface area contributed by atoms with Crippen molar-refractivity contribution < 1.29 is 29.0 Å². The molecule has 8 nitrogen and oxygen atoms in total. The van der Waals surface area contributed by atoms with E-state index in [4.69, 9.17) is 9.47 Å². The smallest absolute Gasteiger partial charge is 0.338 e. The Hall–Kier alpha value is -4.46. The first-order chi connectivity index (χ1) is 16.9. The predicted molar refractivity (Wildman–Crippen MR) is 127 cm³/mol. The number of hydrogen-bond donors (Lipinski definition) is 1. The first-order valence-corrected chi connectivity index (χ1v) is 11.0. The summed E-state index contributed by atoms with van der Waals surface area (Å²) in [7, 11) is 1.53. The Balaban J connectivity index is 1.73. The van der Waals surface area contributed by atoms with Crippen molar-refractivity contribution in [3.05, 3.63) is 101 Å². The highest BCUT2D eigenvalue weighted by atomic mass is 16.5. The number of esters is 1. The molecule has 0 saturated carbocycles. The lowest BCUT2D eigenvalue weighted by molar-refractivity contribution is -0.140. The van der Waals surface area contributed by atoms with Gasteiger partial charge in [0, 0.05) is 24.5 Å². The van der Waals surface area contributed by atoms with Crippen molar-refractivity contribution in [3.63, 3.8) is 0 Å². The predicted octanol–water partition coefficient (Wildman–Crippen LogP) is 3.89. The number of amides is 1. The number of hydrogen-bond acceptors (Lipinski definition) is 7. The molecule has 1 unspecified atom stereocenters. The fourth-order valence-corrected chi connectivity index (χ4v) is 3.99. The molecule has 1 aromatic heterocycles. The van der Waals surface area contributed by atoms with Gasteiger partial charge in [-0.1, -0.05) is 18.2 Å². The zero-order valence-electron chi connectivity index (χ0n) is 19.3. The molecule has 0 aliphatic carbocycles. The van der Waals surface area contributed by atoms with Crippen molar-refractivity contribution in [2.45, 2.75) is 19.5 Å². The van der Waals surface area contributed by atoms with Crippen molar-refractivity contribution in [3.8, 4) is 5.75 Å². The highest BCUT2D eigenvalue weighted by Crippen LogP contribution is 2.40. The second-order valence-electron chi connectivity index (χ2n) is 7.86. The van der Waals surface area contributed by atoms with Gasteiger partial charge >= 0.3 is 5.97 Å². The molecule has 2 heterocycles. The third kappa shape index (κ3) is 4.77. The monoisotopic (exact) mass is 472 g/mol. The highest BCUT2D eigenvalue weighted by molar-refractivity contribution is 6.46. The molecule has 178 valence electrons. The number of methoxy groups -OCH3 is 1. The van der Waals surface area contributed by atoms with Crippen LogP contribution < -0.4 is 4.74 Å². The summed E-state index contributed by atoms with van der Waals surface area (Å²) in [5.41, 5.74) is 2.05. The van der Waals surface area contributed by atoms with Crippen LogP contribution in [0.25, 0.3) is 5.76 Å². The SMILES string of the molecule is CCOC(=O)c1ccc(CN2C(=O)C(=O)/C(=C(/O)c3ccc(OC)cc3)C2c2cccnc2)cc1. The quantitative estimate of drug-likeness (QED) is 0.241. The molecule has 35 heavy (non-hydrogen) atoms. The van der Waals surface area contributed by atoms with Crippen LogP contribution in [0.5, 0.6) is 5.75 Å². The van der Waals surface area contributed by atoms with Crippen LogP contribution in [0.1, 0.15) is 40.0 Å². The number of pyridine rings is 1. The standard InChI is InChI=1S/C27H24N2O6/c1-3-35-27(33)19-8-6-17(7-9-19)16-29-23(20-5-4-14-28-15-20)22(25(31)26(29)32)24(30)18-10-12-21(34-2)13-11-18/h4-15,23,30H,3,16H2,1-2H3/b24-22+. The number of rotatable bonds is 7. The molecule has 1 saturated heterocycles. The van der Waals surface area contributed by atoms with Crippen molar-refractivity contribution in [2.24, 2.45) is 0 Å². The summed E-state index contributed by atoms with van der Waals surface area (Å²) in [5.74, 6) is -1.63. The van der Waals surface area contributed by atoms with E-state index in [2.05, 4.69) is 4.98 Å². The number of ether oxygens (including phenoxy) is 2. The Bertz CT molecular complexity index is 1270. The van der Waals surface area contributed by atoms with Gasteiger partial charge in [0.25, 0.3) is 11.7 Å². The molecule has 8 heteroatoms. The number of aliphatic hydroxyl groups excluding tert-OH is 1. The fraction of sp³-hybridized carbons (Fsp3) is 0.185. The van der Waals surface area contributed by atoms with Gasteiger partial charge in [-0.15, -0.1) is 0 Å². The summed E-state index contributed by atoms with van der Waals surface area (Å²) in [4.78, 5) is 43.7. The van der Waals surface area contributed by atoms with Gasteiger partial charge in [-0.2, -0.15) is 0 Å². The van der Waals surface area contributed by atoms with Crippen LogP contribution in [-0.4, -0.2) is 46.4 Å². The molecule has 3 aromatic rings. The van der Waals surface area contributed by atoms with E-state index in [1.54, 1.807) is 80.0 Å². The highest BCUT2D eigenvalue weighted by Gasteiger charge is 2.46. The topological polar surface area (TPSA) is 106 Å². The molecule has 1 aliphatic rings. The summed E-state index contributed by atoms with van der Waals surface area (Å²) in [6.07, 6.45) is 3.15. The second-order valence-corrected chi connectivity index (χ2v) is 7.86. The van der Waals surface area contributed by atoms with Crippen LogP contribution in [-0.2, 0) is 20.9 Å². The molecule has 1 fully saturated rings. The fourth-order valence-electron chi connectivity index (χ4n) is 3.99. The Morgan fingerprint density at radius 1 is 1.03 bits per heavy atom. The van der Waals surface area contributed by atoms with Gasteiger partial charge in [-0.3, -0.25) is 14.6 Å². The number of carbonyl (C=O) groups excluding carboxylic acids is 3. The first-order valence-electron chi connectivity index (χ1n) is 11.0.